The molecule has 0 rings (SSSR count). The van der Waals surface area contributed by atoms with Crippen molar-refractivity contribution in [2.75, 3.05) is 6.61 Å². The van der Waals surface area contributed by atoms with Crippen LogP contribution in [0.5, 0.6) is 0 Å². The predicted molar refractivity (Wildman–Crippen MR) is 36.7 cm³/mol. The molecular formula is C5H13NdO3P. The Labute approximate surface area is 95.0 Å². The Morgan fingerprint density at radius 1 is 1.50 bits per heavy atom. The van der Waals surface area contributed by atoms with E-state index in [2.05, 4.69) is 11.4 Å². The summed E-state index contributed by atoms with van der Waals surface area (Å²) < 4.78 is 14.4. The van der Waals surface area contributed by atoms with Crippen molar-refractivity contribution in [3.05, 3.63) is 0 Å². The van der Waals surface area contributed by atoms with Gasteiger partial charge in [-0.2, -0.15) is 0 Å². The molecule has 0 bridgehead atoms. The van der Waals surface area contributed by atoms with E-state index >= 15 is 0 Å². The van der Waals surface area contributed by atoms with Crippen molar-refractivity contribution < 1.29 is 54.8 Å². The Morgan fingerprint density at radius 2 is 2.10 bits per heavy atom. The molecule has 60 valence electrons. The predicted octanol–water partition coefficient (Wildman–Crippen LogP) is 1.58. The molecule has 0 aromatic rings. The number of rotatable bonds is 5. The van der Waals surface area contributed by atoms with Crippen LogP contribution in [-0.2, 0) is 9.09 Å². The molecule has 0 radical (unpaired) electrons. The van der Waals surface area contributed by atoms with Crippen LogP contribution in [0, 0.1) is 40.8 Å². The van der Waals surface area contributed by atoms with Crippen LogP contribution in [0.3, 0.4) is 0 Å². The second-order valence-electron chi connectivity index (χ2n) is 1.82. The molecule has 0 saturated heterocycles. The molecule has 3 nitrogen and oxygen atoms in total. The minimum absolute atomic E-state index is 0. The summed E-state index contributed by atoms with van der Waals surface area (Å²) in [5, 5.41) is 0. The molecule has 0 aliphatic rings. The van der Waals surface area contributed by atoms with Gasteiger partial charge in [0.1, 0.15) is 0 Å². The molecule has 0 fully saturated rings. The standard InChI is InChI=1S/C5H13O3P.Nd/c1-2-3-4-5-8-9(6)7;/h9H,2-5H2,1H3,(H,6,7);. The average molecular weight is 296 g/mol. The SMILES string of the molecule is CCCCCO[PH](=O)O.[Nd]. The van der Waals surface area contributed by atoms with E-state index < -0.39 is 8.25 Å². The van der Waals surface area contributed by atoms with Crippen molar-refractivity contribution in [2.45, 2.75) is 26.2 Å². The summed E-state index contributed by atoms with van der Waals surface area (Å²) in [5.74, 6) is 0. The van der Waals surface area contributed by atoms with E-state index in [4.69, 9.17) is 4.89 Å². The second-order valence-corrected chi connectivity index (χ2v) is 2.64. The fourth-order valence-electron chi connectivity index (χ4n) is 0.512. The van der Waals surface area contributed by atoms with E-state index in [1.165, 1.54) is 0 Å². The molecular weight excluding hydrogens is 283 g/mol. The van der Waals surface area contributed by atoms with Gasteiger partial charge in [0.15, 0.2) is 0 Å². The van der Waals surface area contributed by atoms with Gasteiger partial charge in [0, 0.05) is 40.8 Å². The van der Waals surface area contributed by atoms with Crippen molar-refractivity contribution in [3.8, 4) is 0 Å². The Morgan fingerprint density at radius 3 is 2.50 bits per heavy atom. The smallest absolute Gasteiger partial charge is 0.316 e. The third-order valence-corrected chi connectivity index (χ3v) is 1.42. The molecule has 0 saturated carbocycles. The Balaban J connectivity index is 0. The van der Waals surface area contributed by atoms with Crippen LogP contribution < -0.4 is 0 Å². The van der Waals surface area contributed by atoms with Crippen LogP contribution in [-0.4, -0.2) is 11.5 Å². The quantitative estimate of drug-likeness (QED) is 0.619. The Bertz CT molecular complexity index is 89.0. The van der Waals surface area contributed by atoms with E-state index in [1.54, 1.807) is 0 Å². The van der Waals surface area contributed by atoms with E-state index in [0.717, 1.165) is 19.3 Å². The number of unbranched alkanes of at least 4 members (excludes halogenated alkanes) is 2. The summed E-state index contributed by atoms with van der Waals surface area (Å²) >= 11 is 0. The fourth-order valence-corrected chi connectivity index (χ4v) is 0.830. The van der Waals surface area contributed by atoms with Crippen LogP contribution in [0.1, 0.15) is 26.2 Å². The first-order valence-electron chi connectivity index (χ1n) is 3.13. The van der Waals surface area contributed by atoms with Gasteiger partial charge in [-0.3, -0.25) is 4.57 Å². The molecule has 0 aliphatic heterocycles. The number of hydrogen-bond donors (Lipinski definition) is 1. The zero-order valence-electron chi connectivity index (χ0n) is 6.09. The first-order chi connectivity index (χ1) is 4.27. The molecule has 0 amide bonds. The van der Waals surface area contributed by atoms with Crippen molar-refractivity contribution in [2.24, 2.45) is 0 Å². The maximum Gasteiger partial charge on any atom is 0.316 e. The molecule has 1 atom stereocenters. The first-order valence-corrected chi connectivity index (χ1v) is 4.39. The molecule has 1 unspecified atom stereocenters. The van der Waals surface area contributed by atoms with Crippen molar-refractivity contribution >= 4 is 8.25 Å². The molecule has 0 spiro atoms. The van der Waals surface area contributed by atoms with Crippen molar-refractivity contribution in [3.63, 3.8) is 0 Å². The third kappa shape index (κ3) is 12.2. The van der Waals surface area contributed by atoms with E-state index in [0.29, 0.717) is 6.61 Å². The summed E-state index contributed by atoms with van der Waals surface area (Å²) in [6.45, 7) is 2.49. The summed E-state index contributed by atoms with van der Waals surface area (Å²) in [6.07, 6.45) is 3.05. The largest absolute Gasteiger partial charge is 0.326 e. The maximum atomic E-state index is 9.93. The topological polar surface area (TPSA) is 46.5 Å². The van der Waals surface area contributed by atoms with Gasteiger partial charge in [0.25, 0.3) is 0 Å². The maximum absolute atomic E-state index is 9.93. The van der Waals surface area contributed by atoms with Crippen molar-refractivity contribution in [1.29, 1.82) is 0 Å². The zero-order chi connectivity index (χ0) is 7.11. The van der Waals surface area contributed by atoms with E-state index in [9.17, 15) is 4.57 Å². The minimum Gasteiger partial charge on any atom is -0.326 e. The van der Waals surface area contributed by atoms with Gasteiger partial charge in [0.05, 0.1) is 6.61 Å². The zero-order valence-corrected chi connectivity index (χ0v) is 10.3. The molecule has 0 heterocycles. The minimum atomic E-state index is -2.67. The molecule has 0 aromatic heterocycles. The van der Waals surface area contributed by atoms with Crippen LogP contribution in [0.15, 0.2) is 0 Å². The van der Waals surface area contributed by atoms with Crippen LogP contribution in [0.25, 0.3) is 0 Å². The summed E-state index contributed by atoms with van der Waals surface area (Å²) in [4.78, 5) is 8.18. The second kappa shape index (κ2) is 10.5. The van der Waals surface area contributed by atoms with Gasteiger partial charge < -0.3 is 9.42 Å². The molecule has 0 aliphatic carbocycles. The fraction of sp³-hybridized carbons (Fsp3) is 1.00. The molecule has 0 aromatic carbocycles. The molecule has 1 N–H and O–H groups in total. The number of hydrogen-bond acceptors (Lipinski definition) is 2. The van der Waals surface area contributed by atoms with Gasteiger partial charge in [0.2, 0.25) is 0 Å². The van der Waals surface area contributed by atoms with Crippen molar-refractivity contribution in [1.82, 2.24) is 0 Å². The van der Waals surface area contributed by atoms with Gasteiger partial charge in [-0.15, -0.1) is 0 Å². The first kappa shape index (κ1) is 14.0. The Hall–Kier alpha value is 1.50. The monoisotopic (exact) mass is 294 g/mol. The third-order valence-electron chi connectivity index (χ3n) is 0.973. The van der Waals surface area contributed by atoms with Crippen LogP contribution in [0.2, 0.25) is 0 Å². The Kier molecular flexibility index (Phi) is 14.8. The van der Waals surface area contributed by atoms with Crippen LogP contribution >= 0.6 is 8.25 Å². The summed E-state index contributed by atoms with van der Waals surface area (Å²) in [7, 11) is -2.67. The normalized spacial score (nSPS) is 12.2. The summed E-state index contributed by atoms with van der Waals surface area (Å²) in [5.41, 5.74) is 0. The van der Waals surface area contributed by atoms with Gasteiger partial charge in [-0.25, -0.2) is 0 Å². The van der Waals surface area contributed by atoms with E-state index in [1.807, 2.05) is 0 Å². The van der Waals surface area contributed by atoms with Gasteiger partial charge in [-0.05, 0) is 6.42 Å². The van der Waals surface area contributed by atoms with E-state index in [-0.39, 0.29) is 40.8 Å². The molecule has 10 heavy (non-hydrogen) atoms. The summed E-state index contributed by atoms with van der Waals surface area (Å²) in [6, 6.07) is 0. The van der Waals surface area contributed by atoms with Gasteiger partial charge in [-0.1, -0.05) is 19.8 Å². The average Bonchev–Trinajstić information content (AvgIpc) is 1.80. The molecule has 5 heteroatoms. The van der Waals surface area contributed by atoms with Crippen LogP contribution in [0.4, 0.5) is 0 Å². The van der Waals surface area contributed by atoms with Gasteiger partial charge >= 0.3 is 8.25 Å².